The number of aromatic nitrogens is 3. The van der Waals surface area contributed by atoms with Crippen molar-refractivity contribution in [1.29, 1.82) is 0 Å². The fourth-order valence-electron chi connectivity index (χ4n) is 3.79. The Kier molecular flexibility index (Phi) is 5.02. The summed E-state index contributed by atoms with van der Waals surface area (Å²) in [5.41, 5.74) is 0.927. The van der Waals surface area contributed by atoms with Gasteiger partial charge in [0.25, 0.3) is 11.5 Å². The second kappa shape index (κ2) is 7.63. The predicted octanol–water partition coefficient (Wildman–Crippen LogP) is 0.636. The third-order valence-corrected chi connectivity index (χ3v) is 5.41. The Balaban J connectivity index is 1.48. The van der Waals surface area contributed by atoms with Crippen molar-refractivity contribution in [3.8, 4) is 0 Å². The number of pyridine rings is 1. The third kappa shape index (κ3) is 3.71. The number of hydrogen-bond donors (Lipinski definition) is 1. The van der Waals surface area contributed by atoms with Crippen LogP contribution in [0.5, 0.6) is 0 Å². The first-order valence-corrected chi connectivity index (χ1v) is 9.57. The van der Waals surface area contributed by atoms with Gasteiger partial charge >= 0.3 is 5.69 Å². The van der Waals surface area contributed by atoms with Gasteiger partial charge in [0.05, 0.1) is 10.9 Å². The van der Waals surface area contributed by atoms with E-state index < -0.39 is 11.2 Å². The molecule has 1 saturated heterocycles. The molecule has 0 bridgehead atoms. The van der Waals surface area contributed by atoms with Crippen molar-refractivity contribution >= 4 is 16.9 Å². The maximum absolute atomic E-state index is 12.7. The van der Waals surface area contributed by atoms with E-state index in [4.69, 9.17) is 0 Å². The van der Waals surface area contributed by atoms with Crippen LogP contribution in [0.15, 0.2) is 52.2 Å². The Morgan fingerprint density at radius 2 is 1.93 bits per heavy atom. The summed E-state index contributed by atoms with van der Waals surface area (Å²) in [6, 6.07) is 11.8. The van der Waals surface area contributed by atoms with Crippen molar-refractivity contribution in [2.75, 3.05) is 13.1 Å². The fourth-order valence-corrected chi connectivity index (χ4v) is 3.79. The summed E-state index contributed by atoms with van der Waals surface area (Å²) in [5, 5.41) is 3.29. The third-order valence-electron chi connectivity index (χ3n) is 5.41. The van der Waals surface area contributed by atoms with Gasteiger partial charge < -0.3 is 5.32 Å². The minimum atomic E-state index is -0.458. The van der Waals surface area contributed by atoms with Gasteiger partial charge in [-0.1, -0.05) is 30.3 Å². The van der Waals surface area contributed by atoms with Gasteiger partial charge in [-0.05, 0) is 18.1 Å². The molecule has 3 heterocycles. The number of carbonyl (C=O) groups excluding carboxylic acids is 1. The van der Waals surface area contributed by atoms with Crippen LogP contribution in [0.1, 0.15) is 22.3 Å². The molecule has 8 nitrogen and oxygen atoms in total. The van der Waals surface area contributed by atoms with Crippen LogP contribution >= 0.6 is 0 Å². The van der Waals surface area contributed by atoms with Crippen molar-refractivity contribution < 1.29 is 4.79 Å². The van der Waals surface area contributed by atoms with E-state index in [9.17, 15) is 14.4 Å². The zero-order chi connectivity index (χ0) is 20.5. The Labute approximate surface area is 167 Å². The molecule has 4 rings (SSSR count). The summed E-state index contributed by atoms with van der Waals surface area (Å²) in [6.45, 7) is 2.55. The summed E-state index contributed by atoms with van der Waals surface area (Å²) in [4.78, 5) is 43.6. The number of nitrogens with one attached hydrogen (secondary N) is 1. The van der Waals surface area contributed by atoms with E-state index in [1.807, 2.05) is 18.2 Å². The summed E-state index contributed by atoms with van der Waals surface area (Å²) < 4.78 is 2.32. The Bertz CT molecular complexity index is 1180. The van der Waals surface area contributed by atoms with E-state index in [-0.39, 0.29) is 23.0 Å². The van der Waals surface area contributed by atoms with Gasteiger partial charge in [0.2, 0.25) is 0 Å². The van der Waals surface area contributed by atoms with E-state index in [1.165, 1.54) is 29.4 Å². The molecule has 0 spiro atoms. The smallest absolute Gasteiger partial charge is 0.332 e. The highest BCUT2D eigenvalue weighted by molar-refractivity contribution is 5.96. The van der Waals surface area contributed by atoms with E-state index in [2.05, 4.69) is 27.3 Å². The normalized spacial score (nSPS) is 17.0. The molecule has 0 aliphatic carbocycles. The van der Waals surface area contributed by atoms with E-state index in [0.717, 1.165) is 30.6 Å². The molecule has 2 aromatic heterocycles. The lowest BCUT2D eigenvalue weighted by Gasteiger charge is -2.17. The first-order chi connectivity index (χ1) is 13.9. The molecule has 1 fully saturated rings. The standard InChI is InChI=1S/C21H23N5O3/c1-24-18-17(20(28)25(2)21(24)29)10-15(11-22-18)19(27)23-16-8-9-26(13-16)12-14-6-4-3-5-7-14/h3-7,10-11,16H,8-9,12-13H2,1-2H3,(H,23,27)/t16-/m1/s1. The van der Waals surface area contributed by atoms with E-state index in [0.29, 0.717) is 5.56 Å². The lowest BCUT2D eigenvalue weighted by atomic mass is 10.2. The van der Waals surface area contributed by atoms with Gasteiger partial charge in [-0.15, -0.1) is 0 Å². The molecular weight excluding hydrogens is 370 g/mol. The molecule has 8 heteroatoms. The quantitative estimate of drug-likeness (QED) is 0.703. The number of fused-ring (bicyclic) bond motifs is 1. The SMILES string of the molecule is Cn1c(=O)c2cc(C(=O)N[C@@H]3CCN(Cc4ccccc4)C3)cnc2n(C)c1=O. The number of carbonyl (C=O) groups is 1. The topological polar surface area (TPSA) is 89.2 Å². The molecule has 0 radical (unpaired) electrons. The second-order valence-corrected chi connectivity index (χ2v) is 7.48. The zero-order valence-electron chi connectivity index (χ0n) is 16.5. The average molecular weight is 393 g/mol. The summed E-state index contributed by atoms with van der Waals surface area (Å²) >= 11 is 0. The highest BCUT2D eigenvalue weighted by Crippen LogP contribution is 2.14. The molecule has 1 atom stereocenters. The highest BCUT2D eigenvalue weighted by atomic mass is 16.2. The molecule has 1 N–H and O–H groups in total. The average Bonchev–Trinajstić information content (AvgIpc) is 3.17. The monoisotopic (exact) mass is 393 g/mol. The molecule has 0 saturated carbocycles. The van der Waals surface area contributed by atoms with Gasteiger partial charge in [0.15, 0.2) is 0 Å². The molecular formula is C21H23N5O3. The highest BCUT2D eigenvalue weighted by Gasteiger charge is 2.24. The number of hydrogen-bond acceptors (Lipinski definition) is 5. The predicted molar refractivity (Wildman–Crippen MR) is 110 cm³/mol. The maximum atomic E-state index is 12.7. The Morgan fingerprint density at radius 1 is 1.17 bits per heavy atom. The number of likely N-dealkylation sites (tertiary alicyclic amines) is 1. The van der Waals surface area contributed by atoms with E-state index >= 15 is 0 Å². The molecule has 1 aliphatic rings. The first kappa shape index (κ1) is 19.1. The van der Waals surface area contributed by atoms with Crippen LogP contribution in [0.25, 0.3) is 11.0 Å². The van der Waals surface area contributed by atoms with Crippen molar-refractivity contribution in [3.05, 3.63) is 74.6 Å². The van der Waals surface area contributed by atoms with Crippen molar-refractivity contribution in [1.82, 2.24) is 24.3 Å². The Hall–Kier alpha value is -3.26. The molecule has 0 unspecified atom stereocenters. The van der Waals surface area contributed by atoms with Crippen molar-refractivity contribution in [2.24, 2.45) is 14.1 Å². The van der Waals surface area contributed by atoms with Crippen LogP contribution in [0.3, 0.4) is 0 Å². The minimum Gasteiger partial charge on any atom is -0.348 e. The molecule has 1 amide bonds. The zero-order valence-corrected chi connectivity index (χ0v) is 16.5. The largest absolute Gasteiger partial charge is 0.348 e. The number of benzene rings is 1. The number of nitrogens with zero attached hydrogens (tertiary/aromatic N) is 4. The Morgan fingerprint density at radius 3 is 2.69 bits per heavy atom. The molecule has 150 valence electrons. The minimum absolute atomic E-state index is 0.0462. The van der Waals surface area contributed by atoms with Crippen LogP contribution in [0, 0.1) is 0 Å². The molecule has 1 aromatic carbocycles. The lowest BCUT2D eigenvalue weighted by molar-refractivity contribution is 0.0937. The number of rotatable bonds is 4. The summed E-state index contributed by atoms with van der Waals surface area (Å²) in [5.74, 6) is -0.262. The van der Waals surface area contributed by atoms with Gasteiger partial charge in [0.1, 0.15) is 5.65 Å². The van der Waals surface area contributed by atoms with E-state index in [1.54, 1.807) is 7.05 Å². The lowest BCUT2D eigenvalue weighted by Crippen LogP contribution is -2.38. The van der Waals surface area contributed by atoms with Crippen LogP contribution in [-0.4, -0.2) is 44.1 Å². The van der Waals surface area contributed by atoms with Gasteiger partial charge in [-0.2, -0.15) is 0 Å². The van der Waals surface area contributed by atoms with Crippen molar-refractivity contribution in [2.45, 2.75) is 19.0 Å². The summed E-state index contributed by atoms with van der Waals surface area (Å²) in [7, 11) is 2.97. The fraction of sp³-hybridized carbons (Fsp3) is 0.333. The molecule has 29 heavy (non-hydrogen) atoms. The van der Waals surface area contributed by atoms with Crippen molar-refractivity contribution in [3.63, 3.8) is 0 Å². The first-order valence-electron chi connectivity index (χ1n) is 9.57. The van der Waals surface area contributed by atoms with Crippen LogP contribution in [0.4, 0.5) is 0 Å². The number of aryl methyl sites for hydroxylation is 1. The number of amides is 1. The maximum Gasteiger partial charge on any atom is 0.332 e. The van der Waals surface area contributed by atoms with Crippen LogP contribution in [0.2, 0.25) is 0 Å². The van der Waals surface area contributed by atoms with Crippen LogP contribution in [-0.2, 0) is 20.6 Å². The van der Waals surface area contributed by atoms with Crippen LogP contribution < -0.4 is 16.6 Å². The van der Waals surface area contributed by atoms with Gasteiger partial charge in [-0.3, -0.25) is 23.6 Å². The molecule has 1 aliphatic heterocycles. The summed E-state index contributed by atoms with van der Waals surface area (Å²) in [6.07, 6.45) is 2.28. The second-order valence-electron chi connectivity index (χ2n) is 7.48. The van der Waals surface area contributed by atoms with Gasteiger partial charge in [0, 0.05) is 46.0 Å². The van der Waals surface area contributed by atoms with Gasteiger partial charge in [-0.25, -0.2) is 9.78 Å². The molecule has 3 aromatic rings.